The average Bonchev–Trinajstić information content (AvgIpc) is 2.23. The Labute approximate surface area is 107 Å². The summed E-state index contributed by atoms with van der Waals surface area (Å²) < 4.78 is 5.73. The minimum Gasteiger partial charge on any atom is -0.489 e. The molecule has 0 spiro atoms. The Morgan fingerprint density at radius 3 is 2.75 bits per heavy atom. The summed E-state index contributed by atoms with van der Waals surface area (Å²) in [4.78, 5) is 0. The van der Waals surface area contributed by atoms with Crippen LogP contribution in [0.5, 0.6) is 5.75 Å². The molecule has 2 nitrogen and oxygen atoms in total. The first kappa shape index (κ1) is 13.6. The molecule has 90 valence electrons. The summed E-state index contributed by atoms with van der Waals surface area (Å²) in [5.74, 6) is 0.697. The zero-order valence-electron chi connectivity index (χ0n) is 9.59. The predicted octanol–water partition coefficient (Wildman–Crippen LogP) is 3.76. The average molecular weight is 262 g/mol. The third kappa shape index (κ3) is 4.60. The number of benzene rings is 1. The summed E-state index contributed by atoms with van der Waals surface area (Å²) in [6.07, 6.45) is 2.25. The van der Waals surface area contributed by atoms with E-state index in [1.54, 1.807) is 18.2 Å². The van der Waals surface area contributed by atoms with Crippen LogP contribution in [0.4, 0.5) is 0 Å². The highest BCUT2D eigenvalue weighted by Crippen LogP contribution is 2.28. The van der Waals surface area contributed by atoms with Crippen molar-refractivity contribution in [2.45, 2.75) is 25.9 Å². The smallest absolute Gasteiger partial charge is 0.138 e. The molecule has 0 aliphatic heterocycles. The lowest BCUT2D eigenvalue weighted by Crippen LogP contribution is -2.15. The Balaban J connectivity index is 2.46. The molecule has 0 aliphatic carbocycles. The molecule has 0 saturated heterocycles. The molecule has 0 radical (unpaired) electrons. The molecular weight excluding hydrogens is 245 g/mol. The topological polar surface area (TPSA) is 21.3 Å². The molecule has 1 aromatic rings. The van der Waals surface area contributed by atoms with Crippen LogP contribution in [0, 0.1) is 0 Å². The van der Waals surface area contributed by atoms with Gasteiger partial charge in [-0.1, -0.05) is 23.2 Å². The Morgan fingerprint density at radius 2 is 2.12 bits per heavy atom. The quantitative estimate of drug-likeness (QED) is 0.788. The second kappa shape index (κ2) is 7.00. The van der Waals surface area contributed by atoms with Crippen molar-refractivity contribution in [2.24, 2.45) is 0 Å². The second-order valence-corrected chi connectivity index (χ2v) is 4.59. The van der Waals surface area contributed by atoms with E-state index < -0.39 is 0 Å². The van der Waals surface area contributed by atoms with Crippen molar-refractivity contribution in [2.75, 3.05) is 13.6 Å². The SMILES string of the molecule is CNCCCC(C)Oc1ccc(Cl)cc1Cl. The zero-order chi connectivity index (χ0) is 12.0. The fraction of sp³-hybridized carbons (Fsp3) is 0.500. The zero-order valence-corrected chi connectivity index (χ0v) is 11.1. The van der Waals surface area contributed by atoms with E-state index in [0.29, 0.717) is 15.8 Å². The molecule has 1 N–H and O–H groups in total. The monoisotopic (exact) mass is 261 g/mol. The van der Waals surface area contributed by atoms with E-state index >= 15 is 0 Å². The van der Waals surface area contributed by atoms with Crippen molar-refractivity contribution >= 4 is 23.2 Å². The van der Waals surface area contributed by atoms with Gasteiger partial charge in [0.1, 0.15) is 5.75 Å². The number of rotatable bonds is 6. The van der Waals surface area contributed by atoms with Crippen LogP contribution < -0.4 is 10.1 Å². The van der Waals surface area contributed by atoms with E-state index in [-0.39, 0.29) is 6.10 Å². The molecule has 0 aliphatic rings. The lowest BCUT2D eigenvalue weighted by atomic mass is 10.2. The number of ether oxygens (including phenoxy) is 1. The van der Waals surface area contributed by atoms with Gasteiger partial charge in [0.15, 0.2) is 0 Å². The lowest BCUT2D eigenvalue weighted by Gasteiger charge is -2.15. The van der Waals surface area contributed by atoms with Crippen LogP contribution in [-0.4, -0.2) is 19.7 Å². The molecule has 0 heterocycles. The van der Waals surface area contributed by atoms with Crippen LogP contribution in [0.2, 0.25) is 10.0 Å². The van der Waals surface area contributed by atoms with Crippen LogP contribution >= 0.6 is 23.2 Å². The minimum atomic E-state index is 0.159. The Kier molecular flexibility index (Phi) is 5.96. The van der Waals surface area contributed by atoms with E-state index in [4.69, 9.17) is 27.9 Å². The Morgan fingerprint density at radius 1 is 1.38 bits per heavy atom. The van der Waals surface area contributed by atoms with Crippen molar-refractivity contribution in [1.82, 2.24) is 5.32 Å². The van der Waals surface area contributed by atoms with Gasteiger partial charge in [-0.15, -0.1) is 0 Å². The highest BCUT2D eigenvalue weighted by atomic mass is 35.5. The van der Waals surface area contributed by atoms with Crippen molar-refractivity contribution in [1.29, 1.82) is 0 Å². The predicted molar refractivity (Wildman–Crippen MR) is 69.7 cm³/mol. The molecule has 0 saturated carbocycles. The maximum absolute atomic E-state index is 6.01. The van der Waals surface area contributed by atoms with E-state index in [2.05, 4.69) is 5.32 Å². The fourth-order valence-electron chi connectivity index (χ4n) is 1.41. The van der Waals surface area contributed by atoms with Crippen molar-refractivity contribution in [3.05, 3.63) is 28.2 Å². The summed E-state index contributed by atoms with van der Waals surface area (Å²) in [5, 5.41) is 4.29. The third-order valence-electron chi connectivity index (χ3n) is 2.26. The first-order valence-electron chi connectivity index (χ1n) is 5.39. The Bertz CT molecular complexity index is 331. The molecule has 0 amide bonds. The maximum atomic E-state index is 6.01. The standard InChI is InChI=1S/C12H17Cl2NO/c1-9(4-3-7-15-2)16-12-6-5-10(13)8-11(12)14/h5-6,8-9,15H,3-4,7H2,1-2H3. The molecule has 4 heteroatoms. The minimum absolute atomic E-state index is 0.159. The summed E-state index contributed by atoms with van der Waals surface area (Å²) in [6.45, 7) is 3.04. The third-order valence-corrected chi connectivity index (χ3v) is 2.79. The van der Waals surface area contributed by atoms with Crippen LogP contribution in [0.1, 0.15) is 19.8 Å². The fourth-order valence-corrected chi connectivity index (χ4v) is 1.87. The van der Waals surface area contributed by atoms with Gasteiger partial charge in [0, 0.05) is 5.02 Å². The molecule has 1 rings (SSSR count). The van der Waals surface area contributed by atoms with E-state index in [0.717, 1.165) is 19.4 Å². The van der Waals surface area contributed by atoms with Crippen molar-refractivity contribution in [3.8, 4) is 5.75 Å². The number of hydrogen-bond acceptors (Lipinski definition) is 2. The molecular formula is C12H17Cl2NO. The summed E-state index contributed by atoms with van der Waals surface area (Å²) in [7, 11) is 1.95. The van der Waals surface area contributed by atoms with Crippen LogP contribution in [0.3, 0.4) is 0 Å². The van der Waals surface area contributed by atoms with Gasteiger partial charge < -0.3 is 10.1 Å². The van der Waals surface area contributed by atoms with Gasteiger partial charge in [0.2, 0.25) is 0 Å². The largest absolute Gasteiger partial charge is 0.489 e. The summed E-state index contributed by atoms with van der Waals surface area (Å²) in [5.41, 5.74) is 0. The normalized spacial score (nSPS) is 12.5. The maximum Gasteiger partial charge on any atom is 0.138 e. The van der Waals surface area contributed by atoms with Crippen LogP contribution in [0.25, 0.3) is 0 Å². The van der Waals surface area contributed by atoms with Crippen LogP contribution in [0.15, 0.2) is 18.2 Å². The van der Waals surface area contributed by atoms with Crippen molar-refractivity contribution < 1.29 is 4.74 Å². The molecule has 1 aromatic carbocycles. The lowest BCUT2D eigenvalue weighted by molar-refractivity contribution is 0.208. The Hall–Kier alpha value is -0.440. The molecule has 0 bridgehead atoms. The number of nitrogens with one attached hydrogen (secondary N) is 1. The van der Waals surface area contributed by atoms with Gasteiger partial charge in [0.05, 0.1) is 11.1 Å². The van der Waals surface area contributed by atoms with E-state index in [1.807, 2.05) is 14.0 Å². The molecule has 1 atom stereocenters. The van der Waals surface area contributed by atoms with Gasteiger partial charge in [-0.3, -0.25) is 0 Å². The summed E-state index contributed by atoms with van der Waals surface area (Å²) >= 11 is 11.8. The highest BCUT2D eigenvalue weighted by molar-refractivity contribution is 6.35. The van der Waals surface area contributed by atoms with Gasteiger partial charge in [-0.2, -0.15) is 0 Å². The number of hydrogen-bond donors (Lipinski definition) is 1. The molecule has 1 unspecified atom stereocenters. The van der Waals surface area contributed by atoms with Gasteiger partial charge in [-0.25, -0.2) is 0 Å². The molecule has 16 heavy (non-hydrogen) atoms. The second-order valence-electron chi connectivity index (χ2n) is 3.75. The molecule has 0 aromatic heterocycles. The first-order chi connectivity index (χ1) is 7.63. The van der Waals surface area contributed by atoms with Gasteiger partial charge in [0.25, 0.3) is 0 Å². The summed E-state index contributed by atoms with van der Waals surface area (Å²) in [6, 6.07) is 5.28. The molecule has 0 fully saturated rings. The van der Waals surface area contributed by atoms with Gasteiger partial charge in [-0.05, 0) is 51.6 Å². The van der Waals surface area contributed by atoms with E-state index in [9.17, 15) is 0 Å². The van der Waals surface area contributed by atoms with E-state index in [1.165, 1.54) is 0 Å². The van der Waals surface area contributed by atoms with Gasteiger partial charge >= 0.3 is 0 Å². The first-order valence-corrected chi connectivity index (χ1v) is 6.15. The highest BCUT2D eigenvalue weighted by Gasteiger charge is 2.07. The number of halogens is 2. The van der Waals surface area contributed by atoms with Crippen molar-refractivity contribution in [3.63, 3.8) is 0 Å². The van der Waals surface area contributed by atoms with Crippen LogP contribution in [-0.2, 0) is 0 Å².